The number of carbonyl (C=O) groups excluding carboxylic acids is 1. The molecule has 3 fully saturated rings. The SMILES string of the molecule is CC(C)CC1NC2(CCN(S(=O)(=O)c3ccc(Cl)cc3)CC2)N(CC2CC2)C1=O. The largest absolute Gasteiger partial charge is 0.323 e. The maximum absolute atomic E-state index is 13.1. The predicted octanol–water partition coefficient (Wildman–Crippen LogP) is 3.08. The third-order valence-electron chi connectivity index (χ3n) is 6.37. The highest BCUT2D eigenvalue weighted by Gasteiger charge is 2.53. The summed E-state index contributed by atoms with van der Waals surface area (Å²) in [5.41, 5.74) is -0.411. The monoisotopic (exact) mass is 439 g/mol. The number of nitrogens with zero attached hydrogens (tertiary/aromatic N) is 2. The fourth-order valence-corrected chi connectivity index (χ4v) is 6.15. The highest BCUT2D eigenvalue weighted by Crippen LogP contribution is 2.39. The number of amides is 1. The Labute approximate surface area is 178 Å². The molecule has 6 nitrogen and oxygen atoms in total. The Kier molecular flexibility index (Phi) is 5.70. The lowest BCUT2D eigenvalue weighted by atomic mass is 9.96. The molecule has 1 atom stereocenters. The van der Waals surface area contributed by atoms with Crippen LogP contribution in [0.3, 0.4) is 0 Å². The first kappa shape index (κ1) is 21.1. The summed E-state index contributed by atoms with van der Waals surface area (Å²) in [6.07, 6.45) is 4.42. The number of benzene rings is 1. The first-order valence-electron chi connectivity index (χ1n) is 10.6. The number of hydrogen-bond acceptors (Lipinski definition) is 4. The van der Waals surface area contributed by atoms with Crippen LogP contribution >= 0.6 is 11.6 Å². The second-order valence-electron chi connectivity index (χ2n) is 9.11. The number of carbonyl (C=O) groups is 1. The van der Waals surface area contributed by atoms with E-state index in [-0.39, 0.29) is 16.8 Å². The van der Waals surface area contributed by atoms with Crippen LogP contribution in [0, 0.1) is 11.8 Å². The van der Waals surface area contributed by atoms with Gasteiger partial charge in [0.05, 0.1) is 16.6 Å². The number of nitrogens with one attached hydrogen (secondary N) is 1. The van der Waals surface area contributed by atoms with Crippen LogP contribution in [0.15, 0.2) is 29.2 Å². The quantitative estimate of drug-likeness (QED) is 0.739. The van der Waals surface area contributed by atoms with E-state index in [1.54, 1.807) is 28.6 Å². The van der Waals surface area contributed by atoms with Crippen molar-refractivity contribution >= 4 is 27.5 Å². The van der Waals surface area contributed by atoms with E-state index in [2.05, 4.69) is 19.2 Å². The van der Waals surface area contributed by atoms with Gasteiger partial charge in [0.2, 0.25) is 15.9 Å². The van der Waals surface area contributed by atoms with E-state index in [0.29, 0.717) is 42.8 Å². The Hall–Kier alpha value is -1.15. The molecule has 1 saturated carbocycles. The van der Waals surface area contributed by atoms with Crippen molar-refractivity contribution in [3.63, 3.8) is 0 Å². The first-order chi connectivity index (χ1) is 13.7. The fraction of sp³-hybridized carbons (Fsp3) is 0.667. The van der Waals surface area contributed by atoms with Gasteiger partial charge in [0, 0.05) is 24.7 Å². The summed E-state index contributed by atoms with van der Waals surface area (Å²) >= 11 is 5.90. The third-order valence-corrected chi connectivity index (χ3v) is 8.53. The summed E-state index contributed by atoms with van der Waals surface area (Å²) in [5.74, 6) is 1.23. The maximum Gasteiger partial charge on any atom is 0.243 e. The van der Waals surface area contributed by atoms with Gasteiger partial charge < -0.3 is 4.90 Å². The van der Waals surface area contributed by atoms with E-state index in [1.165, 1.54) is 12.8 Å². The van der Waals surface area contributed by atoms with Crippen LogP contribution in [0.1, 0.15) is 46.0 Å². The zero-order chi connectivity index (χ0) is 20.8. The van der Waals surface area contributed by atoms with Crippen molar-refractivity contribution in [2.24, 2.45) is 11.8 Å². The van der Waals surface area contributed by atoms with Crippen LogP contribution < -0.4 is 5.32 Å². The molecule has 160 valence electrons. The Balaban J connectivity index is 1.51. The lowest BCUT2D eigenvalue weighted by Crippen LogP contribution is -2.59. The second-order valence-corrected chi connectivity index (χ2v) is 11.5. The van der Waals surface area contributed by atoms with Gasteiger partial charge >= 0.3 is 0 Å². The smallest absolute Gasteiger partial charge is 0.243 e. The molecule has 4 rings (SSSR count). The Morgan fingerprint density at radius 3 is 2.34 bits per heavy atom. The molecule has 2 aliphatic heterocycles. The minimum atomic E-state index is -3.56. The lowest BCUT2D eigenvalue weighted by Gasteiger charge is -2.44. The molecule has 8 heteroatoms. The third kappa shape index (κ3) is 4.20. The summed E-state index contributed by atoms with van der Waals surface area (Å²) in [6.45, 7) is 5.87. The molecular formula is C21H30ClN3O3S. The molecule has 1 aliphatic carbocycles. The molecule has 3 aliphatic rings. The van der Waals surface area contributed by atoms with Crippen molar-refractivity contribution < 1.29 is 13.2 Å². The molecule has 1 aromatic rings. The van der Waals surface area contributed by atoms with Gasteiger partial charge in [0.15, 0.2) is 0 Å². The molecule has 0 bridgehead atoms. The molecular weight excluding hydrogens is 410 g/mol. The molecule has 2 saturated heterocycles. The molecule has 2 heterocycles. The van der Waals surface area contributed by atoms with Crippen molar-refractivity contribution in [1.29, 1.82) is 0 Å². The van der Waals surface area contributed by atoms with Crippen molar-refractivity contribution in [1.82, 2.24) is 14.5 Å². The zero-order valence-electron chi connectivity index (χ0n) is 17.1. The maximum atomic E-state index is 13.1. The van der Waals surface area contributed by atoms with Gasteiger partial charge in [-0.2, -0.15) is 4.31 Å². The molecule has 1 N–H and O–H groups in total. The highest BCUT2D eigenvalue weighted by atomic mass is 35.5. The summed E-state index contributed by atoms with van der Waals surface area (Å²) in [4.78, 5) is 15.4. The average Bonchev–Trinajstić information content (AvgIpc) is 3.46. The van der Waals surface area contributed by atoms with Crippen LogP contribution in [0.5, 0.6) is 0 Å². The number of sulfonamides is 1. The van der Waals surface area contributed by atoms with Crippen LogP contribution in [-0.2, 0) is 14.8 Å². The van der Waals surface area contributed by atoms with Gasteiger partial charge in [-0.05, 0) is 68.2 Å². The van der Waals surface area contributed by atoms with Crippen molar-refractivity contribution in [3.05, 3.63) is 29.3 Å². The van der Waals surface area contributed by atoms with E-state index in [0.717, 1.165) is 13.0 Å². The van der Waals surface area contributed by atoms with Gasteiger partial charge in [-0.1, -0.05) is 25.4 Å². The lowest BCUT2D eigenvalue weighted by molar-refractivity contribution is -0.133. The van der Waals surface area contributed by atoms with Gasteiger partial charge in [-0.3, -0.25) is 10.1 Å². The number of halogens is 1. The van der Waals surface area contributed by atoms with Crippen LogP contribution in [-0.4, -0.2) is 54.9 Å². The van der Waals surface area contributed by atoms with Crippen LogP contribution in [0.4, 0.5) is 0 Å². The standard InChI is InChI=1S/C21H30ClN3O3S/c1-15(2)13-19-20(26)25(14-16-3-4-16)21(23-19)9-11-24(12-10-21)29(27,28)18-7-5-17(22)6-8-18/h5-8,15-16,19,23H,3-4,9-14H2,1-2H3. The summed E-state index contributed by atoms with van der Waals surface area (Å²) < 4.78 is 27.6. The van der Waals surface area contributed by atoms with Gasteiger partial charge in [-0.25, -0.2) is 8.42 Å². The highest BCUT2D eigenvalue weighted by molar-refractivity contribution is 7.89. The zero-order valence-corrected chi connectivity index (χ0v) is 18.7. The van der Waals surface area contributed by atoms with E-state index < -0.39 is 15.7 Å². The number of piperidine rings is 1. The Bertz CT molecular complexity index is 860. The van der Waals surface area contributed by atoms with E-state index in [9.17, 15) is 13.2 Å². The van der Waals surface area contributed by atoms with Gasteiger partial charge in [-0.15, -0.1) is 0 Å². The van der Waals surface area contributed by atoms with E-state index in [4.69, 9.17) is 11.6 Å². The van der Waals surface area contributed by atoms with Gasteiger partial charge in [0.25, 0.3) is 0 Å². The predicted molar refractivity (Wildman–Crippen MR) is 113 cm³/mol. The van der Waals surface area contributed by atoms with E-state index >= 15 is 0 Å². The summed E-state index contributed by atoms with van der Waals surface area (Å²) in [7, 11) is -3.56. The summed E-state index contributed by atoms with van der Waals surface area (Å²) in [6, 6.07) is 6.15. The molecule has 1 amide bonds. The van der Waals surface area contributed by atoms with Gasteiger partial charge in [0.1, 0.15) is 0 Å². The fourth-order valence-electron chi connectivity index (χ4n) is 4.58. The molecule has 1 unspecified atom stereocenters. The van der Waals surface area contributed by atoms with Crippen LogP contribution in [0.25, 0.3) is 0 Å². The van der Waals surface area contributed by atoms with Crippen molar-refractivity contribution in [3.8, 4) is 0 Å². The topological polar surface area (TPSA) is 69.7 Å². The second kappa shape index (κ2) is 7.84. The van der Waals surface area contributed by atoms with Crippen molar-refractivity contribution in [2.45, 2.75) is 62.6 Å². The number of hydrogen-bond donors (Lipinski definition) is 1. The minimum absolute atomic E-state index is 0.159. The first-order valence-corrected chi connectivity index (χ1v) is 12.4. The molecule has 0 radical (unpaired) electrons. The number of rotatable bonds is 6. The normalized spacial score (nSPS) is 25.3. The Morgan fingerprint density at radius 1 is 1.17 bits per heavy atom. The Morgan fingerprint density at radius 2 is 1.79 bits per heavy atom. The summed E-state index contributed by atoms with van der Waals surface area (Å²) in [5, 5.41) is 4.14. The van der Waals surface area contributed by atoms with Crippen LogP contribution in [0.2, 0.25) is 5.02 Å². The van der Waals surface area contributed by atoms with E-state index in [1.807, 2.05) is 4.90 Å². The molecule has 29 heavy (non-hydrogen) atoms. The van der Waals surface area contributed by atoms with Crippen molar-refractivity contribution in [2.75, 3.05) is 19.6 Å². The molecule has 0 aromatic heterocycles. The minimum Gasteiger partial charge on any atom is -0.323 e. The molecule has 1 aromatic carbocycles. The average molecular weight is 440 g/mol. The molecule has 1 spiro atoms.